The van der Waals surface area contributed by atoms with E-state index in [1.54, 1.807) is 0 Å². The van der Waals surface area contributed by atoms with Crippen molar-refractivity contribution in [2.24, 2.45) is 0 Å². The topological polar surface area (TPSA) is 23.6 Å². The van der Waals surface area contributed by atoms with E-state index in [0.29, 0.717) is 6.42 Å². The van der Waals surface area contributed by atoms with Crippen LogP contribution < -0.4 is 0 Å². The van der Waals surface area contributed by atoms with E-state index in [9.17, 15) is 4.79 Å². The summed E-state index contributed by atoms with van der Waals surface area (Å²) in [4.78, 5) is 16.7. The second-order valence-corrected chi connectivity index (χ2v) is 7.26. The Balaban J connectivity index is 1.87. The lowest BCUT2D eigenvalue weighted by molar-refractivity contribution is -0.133. The molecule has 1 fully saturated rings. The van der Waals surface area contributed by atoms with Gasteiger partial charge in [0.2, 0.25) is 5.91 Å². The molecule has 0 aliphatic carbocycles. The third kappa shape index (κ3) is 4.06. The number of halogens is 1. The van der Waals surface area contributed by atoms with Gasteiger partial charge in [-0.3, -0.25) is 9.69 Å². The van der Waals surface area contributed by atoms with Crippen molar-refractivity contribution >= 4 is 21.8 Å². The van der Waals surface area contributed by atoms with Gasteiger partial charge in [0, 0.05) is 36.2 Å². The summed E-state index contributed by atoms with van der Waals surface area (Å²) < 4.78 is 1.05. The van der Waals surface area contributed by atoms with Gasteiger partial charge in [-0.2, -0.15) is 0 Å². The van der Waals surface area contributed by atoms with Gasteiger partial charge in [-0.15, -0.1) is 0 Å². The highest BCUT2D eigenvalue weighted by atomic mass is 79.9. The third-order valence-corrected chi connectivity index (χ3v) is 4.38. The van der Waals surface area contributed by atoms with Crippen molar-refractivity contribution in [2.45, 2.75) is 32.7 Å². The number of carbonyl (C=O) groups is 1. The van der Waals surface area contributed by atoms with Crippen LogP contribution in [0, 0.1) is 0 Å². The molecule has 0 radical (unpaired) electrons. The number of benzene rings is 1. The molecule has 0 N–H and O–H groups in total. The minimum absolute atomic E-state index is 0.195. The van der Waals surface area contributed by atoms with E-state index in [-0.39, 0.29) is 11.4 Å². The molecule has 0 atom stereocenters. The van der Waals surface area contributed by atoms with E-state index < -0.39 is 0 Å². The highest BCUT2D eigenvalue weighted by molar-refractivity contribution is 9.10. The Morgan fingerprint density at radius 2 is 1.65 bits per heavy atom. The lowest BCUT2D eigenvalue weighted by Crippen LogP contribution is -2.54. The first kappa shape index (κ1) is 15.5. The van der Waals surface area contributed by atoms with Gasteiger partial charge in [-0.05, 0) is 38.5 Å². The lowest BCUT2D eigenvalue weighted by Gasteiger charge is -2.42. The van der Waals surface area contributed by atoms with Crippen LogP contribution in [0.15, 0.2) is 28.7 Å². The van der Waals surface area contributed by atoms with Crippen LogP contribution in [-0.2, 0) is 11.2 Å². The van der Waals surface area contributed by atoms with Crippen LogP contribution in [0.25, 0.3) is 0 Å². The summed E-state index contributed by atoms with van der Waals surface area (Å²) in [5, 5.41) is 0. The lowest BCUT2D eigenvalue weighted by atomic mass is 10.0. The van der Waals surface area contributed by atoms with Gasteiger partial charge in [0.05, 0.1) is 6.42 Å². The Labute approximate surface area is 130 Å². The van der Waals surface area contributed by atoms with Gasteiger partial charge in [0.25, 0.3) is 0 Å². The zero-order chi connectivity index (χ0) is 14.8. The normalized spacial score (nSPS) is 17.3. The second kappa shape index (κ2) is 6.27. The first-order chi connectivity index (χ1) is 9.36. The number of piperazine rings is 1. The van der Waals surface area contributed by atoms with E-state index in [2.05, 4.69) is 41.6 Å². The number of hydrogen-bond acceptors (Lipinski definition) is 2. The molecule has 1 heterocycles. The monoisotopic (exact) mass is 338 g/mol. The average Bonchev–Trinajstić information content (AvgIpc) is 2.40. The Morgan fingerprint density at radius 1 is 1.10 bits per heavy atom. The van der Waals surface area contributed by atoms with Crippen molar-refractivity contribution in [3.63, 3.8) is 0 Å². The van der Waals surface area contributed by atoms with Gasteiger partial charge in [0.1, 0.15) is 0 Å². The van der Waals surface area contributed by atoms with E-state index >= 15 is 0 Å². The summed E-state index contributed by atoms with van der Waals surface area (Å²) in [5.74, 6) is 0.237. The summed E-state index contributed by atoms with van der Waals surface area (Å²) in [6, 6.07) is 7.99. The molecule has 110 valence electrons. The molecule has 20 heavy (non-hydrogen) atoms. The summed E-state index contributed by atoms with van der Waals surface area (Å²) >= 11 is 3.41. The molecule has 1 aromatic carbocycles. The fourth-order valence-corrected chi connectivity index (χ4v) is 2.78. The smallest absolute Gasteiger partial charge is 0.227 e. The zero-order valence-electron chi connectivity index (χ0n) is 12.5. The molecule has 4 heteroatoms. The van der Waals surface area contributed by atoms with Crippen molar-refractivity contribution < 1.29 is 4.79 Å². The molecule has 3 nitrogen and oxygen atoms in total. The zero-order valence-corrected chi connectivity index (χ0v) is 14.1. The predicted molar refractivity (Wildman–Crippen MR) is 85.8 cm³/mol. The van der Waals surface area contributed by atoms with Gasteiger partial charge in [0.15, 0.2) is 0 Å². The molecule has 1 aliphatic rings. The molecule has 0 saturated carbocycles. The molecule has 1 aliphatic heterocycles. The van der Waals surface area contributed by atoms with Crippen LogP contribution >= 0.6 is 15.9 Å². The average molecular weight is 339 g/mol. The number of rotatable bonds is 2. The van der Waals surface area contributed by atoms with E-state index in [4.69, 9.17) is 0 Å². The number of nitrogens with zero attached hydrogens (tertiary/aromatic N) is 2. The van der Waals surface area contributed by atoms with Crippen molar-refractivity contribution in [1.82, 2.24) is 9.80 Å². The van der Waals surface area contributed by atoms with E-state index in [1.807, 2.05) is 29.2 Å². The third-order valence-electron chi connectivity index (χ3n) is 3.85. The van der Waals surface area contributed by atoms with Gasteiger partial charge in [-0.1, -0.05) is 28.1 Å². The first-order valence-electron chi connectivity index (χ1n) is 7.13. The quantitative estimate of drug-likeness (QED) is 0.827. The van der Waals surface area contributed by atoms with E-state index in [1.165, 1.54) is 0 Å². The number of amides is 1. The fraction of sp³-hybridized carbons (Fsp3) is 0.562. The number of hydrogen-bond donors (Lipinski definition) is 0. The standard InChI is InChI=1S/C16H23BrN2O/c1-16(2,3)19-10-8-18(9-11-19)15(20)12-13-4-6-14(17)7-5-13/h4-7H,8-12H2,1-3H3. The maximum atomic E-state index is 12.3. The van der Waals surface area contributed by atoms with Crippen LogP contribution in [0.5, 0.6) is 0 Å². The molecule has 0 unspecified atom stereocenters. The van der Waals surface area contributed by atoms with Crippen LogP contribution in [0.2, 0.25) is 0 Å². The molecular weight excluding hydrogens is 316 g/mol. The van der Waals surface area contributed by atoms with Gasteiger partial charge in [-0.25, -0.2) is 0 Å². The summed E-state index contributed by atoms with van der Waals surface area (Å²) in [6.07, 6.45) is 0.503. The fourth-order valence-electron chi connectivity index (χ4n) is 2.52. The molecule has 2 rings (SSSR count). The van der Waals surface area contributed by atoms with Crippen molar-refractivity contribution in [3.05, 3.63) is 34.3 Å². The van der Waals surface area contributed by atoms with Gasteiger partial charge < -0.3 is 4.90 Å². The molecule has 0 bridgehead atoms. The first-order valence-corrected chi connectivity index (χ1v) is 7.93. The van der Waals surface area contributed by atoms with Gasteiger partial charge >= 0.3 is 0 Å². The molecular formula is C16H23BrN2O. The largest absolute Gasteiger partial charge is 0.340 e. The predicted octanol–water partition coefficient (Wildman–Crippen LogP) is 2.93. The summed E-state index contributed by atoms with van der Waals surface area (Å²) in [5.41, 5.74) is 1.28. The molecule has 1 amide bonds. The maximum absolute atomic E-state index is 12.3. The Morgan fingerprint density at radius 3 is 2.15 bits per heavy atom. The van der Waals surface area contributed by atoms with Crippen LogP contribution in [0.3, 0.4) is 0 Å². The van der Waals surface area contributed by atoms with Crippen LogP contribution in [0.1, 0.15) is 26.3 Å². The highest BCUT2D eigenvalue weighted by Crippen LogP contribution is 2.17. The molecule has 0 spiro atoms. The maximum Gasteiger partial charge on any atom is 0.227 e. The summed E-state index contributed by atoms with van der Waals surface area (Å²) in [6.45, 7) is 10.3. The van der Waals surface area contributed by atoms with Crippen molar-refractivity contribution in [2.75, 3.05) is 26.2 Å². The Kier molecular flexibility index (Phi) is 4.86. The molecule has 0 aromatic heterocycles. The number of carbonyl (C=O) groups excluding carboxylic acids is 1. The van der Waals surface area contributed by atoms with Crippen molar-refractivity contribution in [1.29, 1.82) is 0 Å². The summed E-state index contributed by atoms with van der Waals surface area (Å²) in [7, 11) is 0. The minimum atomic E-state index is 0.195. The molecule has 1 aromatic rings. The minimum Gasteiger partial charge on any atom is -0.340 e. The SMILES string of the molecule is CC(C)(C)N1CCN(C(=O)Cc2ccc(Br)cc2)CC1. The molecule has 1 saturated heterocycles. The Bertz CT molecular complexity index is 456. The van der Waals surface area contributed by atoms with Crippen LogP contribution in [-0.4, -0.2) is 47.4 Å². The van der Waals surface area contributed by atoms with Crippen molar-refractivity contribution in [3.8, 4) is 0 Å². The van der Waals surface area contributed by atoms with E-state index in [0.717, 1.165) is 36.2 Å². The highest BCUT2D eigenvalue weighted by Gasteiger charge is 2.27. The second-order valence-electron chi connectivity index (χ2n) is 6.34. The Hall–Kier alpha value is -0.870. The van der Waals surface area contributed by atoms with Crippen LogP contribution in [0.4, 0.5) is 0 Å².